The van der Waals surface area contributed by atoms with Gasteiger partial charge in [0.05, 0.1) is 29.8 Å². The van der Waals surface area contributed by atoms with E-state index in [1.54, 1.807) is 0 Å². The van der Waals surface area contributed by atoms with E-state index in [2.05, 4.69) is 63.7 Å². The average Bonchev–Trinajstić information content (AvgIpc) is 2.67. The number of pyridine rings is 1. The van der Waals surface area contributed by atoms with Crippen molar-refractivity contribution in [3.63, 3.8) is 0 Å². The third kappa shape index (κ3) is 1.67. The molecule has 1 aromatic carbocycles. The first-order chi connectivity index (χ1) is 8.58. The van der Waals surface area contributed by atoms with Crippen LogP contribution in [0.3, 0.4) is 0 Å². The highest BCUT2D eigenvalue weighted by molar-refractivity contribution is 9.10. The Morgan fingerprint density at radius 3 is 2.83 bits per heavy atom. The molecule has 2 aromatic rings. The van der Waals surface area contributed by atoms with Gasteiger partial charge in [0.2, 0.25) is 0 Å². The molecule has 0 fully saturated rings. The van der Waals surface area contributed by atoms with E-state index in [1.807, 2.05) is 12.3 Å². The van der Waals surface area contributed by atoms with Crippen molar-refractivity contribution in [3.05, 3.63) is 28.9 Å². The van der Waals surface area contributed by atoms with Crippen LogP contribution in [-0.2, 0) is 0 Å². The lowest BCUT2D eigenvalue weighted by Gasteiger charge is -2.24. The van der Waals surface area contributed by atoms with Crippen molar-refractivity contribution in [1.29, 1.82) is 0 Å². The van der Waals surface area contributed by atoms with Gasteiger partial charge >= 0.3 is 0 Å². The molecule has 94 valence electrons. The molecule has 4 heteroatoms. The number of aromatic nitrogens is 1. The Bertz CT molecular complexity index is 609. The maximum absolute atomic E-state index is 4.55. The molecule has 1 aliphatic heterocycles. The summed E-state index contributed by atoms with van der Waals surface area (Å²) in [5, 5.41) is 1.22. The van der Waals surface area contributed by atoms with Gasteiger partial charge in [-0.2, -0.15) is 0 Å². The summed E-state index contributed by atoms with van der Waals surface area (Å²) in [7, 11) is 2.12. The lowest BCUT2D eigenvalue weighted by Crippen LogP contribution is -2.33. The van der Waals surface area contributed by atoms with Crippen LogP contribution in [0.25, 0.3) is 10.9 Å². The third-order valence-electron chi connectivity index (χ3n) is 3.47. The highest BCUT2D eigenvalue weighted by Crippen LogP contribution is 2.41. The lowest BCUT2D eigenvalue weighted by atomic mass is 10.1. The molecule has 0 N–H and O–H groups in total. The first-order valence-corrected chi connectivity index (χ1v) is 6.93. The maximum Gasteiger partial charge on any atom is 0.0904 e. The van der Waals surface area contributed by atoms with E-state index >= 15 is 0 Å². The van der Waals surface area contributed by atoms with Crippen molar-refractivity contribution in [2.24, 2.45) is 0 Å². The number of rotatable bonds is 1. The molecule has 0 saturated carbocycles. The molecule has 0 bridgehead atoms. The van der Waals surface area contributed by atoms with Gasteiger partial charge in [0, 0.05) is 22.9 Å². The molecular formula is C14H16BrN3. The molecule has 3 rings (SSSR count). The fourth-order valence-electron chi connectivity index (χ4n) is 2.52. The molecule has 0 aliphatic carbocycles. The fraction of sp³-hybridized carbons (Fsp3) is 0.357. The topological polar surface area (TPSA) is 19.4 Å². The Morgan fingerprint density at radius 1 is 1.33 bits per heavy atom. The number of fused-ring (bicyclic) bond motifs is 3. The number of nitrogens with zero attached hydrogens (tertiary/aromatic N) is 3. The zero-order chi connectivity index (χ0) is 12.9. The average molecular weight is 306 g/mol. The van der Waals surface area contributed by atoms with Crippen LogP contribution in [0.15, 0.2) is 28.9 Å². The number of halogens is 1. The van der Waals surface area contributed by atoms with E-state index in [1.165, 1.54) is 16.8 Å². The van der Waals surface area contributed by atoms with E-state index in [9.17, 15) is 0 Å². The van der Waals surface area contributed by atoms with Crippen LogP contribution >= 0.6 is 15.9 Å². The van der Waals surface area contributed by atoms with Crippen molar-refractivity contribution in [2.45, 2.75) is 19.9 Å². The largest absolute Gasteiger partial charge is 0.354 e. The van der Waals surface area contributed by atoms with Gasteiger partial charge < -0.3 is 9.80 Å². The normalized spacial score (nSPS) is 14.7. The first kappa shape index (κ1) is 11.8. The summed E-state index contributed by atoms with van der Waals surface area (Å²) in [5.74, 6) is 0. The van der Waals surface area contributed by atoms with E-state index in [0.717, 1.165) is 16.7 Å². The van der Waals surface area contributed by atoms with E-state index in [-0.39, 0.29) is 0 Å². The number of hydrogen-bond donors (Lipinski definition) is 0. The molecule has 0 radical (unpaired) electrons. The molecule has 0 amide bonds. The van der Waals surface area contributed by atoms with Crippen molar-refractivity contribution in [3.8, 4) is 0 Å². The highest BCUT2D eigenvalue weighted by atomic mass is 79.9. The zero-order valence-electron chi connectivity index (χ0n) is 10.8. The predicted octanol–water partition coefficient (Wildman–Crippen LogP) is 3.62. The second-order valence-electron chi connectivity index (χ2n) is 5.06. The van der Waals surface area contributed by atoms with Gasteiger partial charge in [0.15, 0.2) is 0 Å². The number of benzene rings is 1. The summed E-state index contributed by atoms with van der Waals surface area (Å²) >= 11 is 3.55. The molecule has 0 saturated heterocycles. The summed E-state index contributed by atoms with van der Waals surface area (Å²) in [4.78, 5) is 9.22. The highest BCUT2D eigenvalue weighted by Gasteiger charge is 2.27. The minimum absolute atomic E-state index is 0.485. The van der Waals surface area contributed by atoms with Crippen LogP contribution in [0.1, 0.15) is 13.8 Å². The van der Waals surface area contributed by atoms with Gasteiger partial charge in [-0.05, 0) is 32.0 Å². The summed E-state index contributed by atoms with van der Waals surface area (Å²) in [5.41, 5.74) is 3.58. The third-order valence-corrected chi connectivity index (χ3v) is 3.96. The summed E-state index contributed by atoms with van der Waals surface area (Å²) in [6.07, 6.45) is 1.98. The predicted molar refractivity (Wildman–Crippen MR) is 80.3 cm³/mol. The minimum atomic E-state index is 0.485. The molecule has 0 atom stereocenters. The van der Waals surface area contributed by atoms with Crippen LogP contribution in [-0.4, -0.2) is 24.7 Å². The summed E-state index contributed by atoms with van der Waals surface area (Å²) in [6.45, 7) is 5.39. The molecule has 3 nitrogen and oxygen atoms in total. The Balaban J connectivity index is 2.32. The molecule has 1 aromatic heterocycles. The van der Waals surface area contributed by atoms with Gasteiger partial charge in [-0.3, -0.25) is 4.98 Å². The molecule has 2 heterocycles. The monoisotopic (exact) mass is 305 g/mol. The first-order valence-electron chi connectivity index (χ1n) is 6.14. The van der Waals surface area contributed by atoms with Gasteiger partial charge in [0.25, 0.3) is 0 Å². The van der Waals surface area contributed by atoms with Crippen LogP contribution in [0.4, 0.5) is 11.4 Å². The second-order valence-corrected chi connectivity index (χ2v) is 5.97. The SMILES string of the molecule is CC(C)N1CN(C)c2cnc3ccc(Br)cc3c21. The minimum Gasteiger partial charge on any atom is -0.354 e. The standard InChI is InChI=1S/C14H16BrN3/c1-9(2)18-8-17(3)13-7-16-12-5-4-10(15)6-11(12)14(13)18/h4-7,9H,8H2,1-3H3. The summed E-state index contributed by atoms with van der Waals surface area (Å²) < 4.78 is 1.10. The molecule has 1 aliphatic rings. The van der Waals surface area contributed by atoms with Crippen LogP contribution in [0.5, 0.6) is 0 Å². The van der Waals surface area contributed by atoms with Gasteiger partial charge in [-0.15, -0.1) is 0 Å². The maximum atomic E-state index is 4.55. The Labute approximate surface area is 116 Å². The fourth-order valence-corrected chi connectivity index (χ4v) is 2.88. The van der Waals surface area contributed by atoms with Gasteiger partial charge in [-0.1, -0.05) is 15.9 Å². The van der Waals surface area contributed by atoms with E-state index < -0.39 is 0 Å². The molecule has 0 unspecified atom stereocenters. The Hall–Kier alpha value is -1.29. The smallest absolute Gasteiger partial charge is 0.0904 e. The molecule has 18 heavy (non-hydrogen) atoms. The van der Waals surface area contributed by atoms with Gasteiger partial charge in [0.1, 0.15) is 0 Å². The lowest BCUT2D eigenvalue weighted by molar-refractivity contribution is 0.703. The van der Waals surface area contributed by atoms with Crippen molar-refractivity contribution < 1.29 is 0 Å². The van der Waals surface area contributed by atoms with E-state index in [0.29, 0.717) is 6.04 Å². The van der Waals surface area contributed by atoms with Crippen molar-refractivity contribution in [1.82, 2.24) is 4.98 Å². The van der Waals surface area contributed by atoms with Crippen LogP contribution < -0.4 is 9.80 Å². The van der Waals surface area contributed by atoms with Crippen LogP contribution in [0, 0.1) is 0 Å². The van der Waals surface area contributed by atoms with E-state index in [4.69, 9.17) is 0 Å². The Morgan fingerprint density at radius 2 is 2.11 bits per heavy atom. The van der Waals surface area contributed by atoms with Crippen molar-refractivity contribution in [2.75, 3.05) is 23.5 Å². The number of anilines is 2. The zero-order valence-corrected chi connectivity index (χ0v) is 12.4. The number of hydrogen-bond acceptors (Lipinski definition) is 3. The second kappa shape index (κ2) is 4.12. The molecule has 0 spiro atoms. The van der Waals surface area contributed by atoms with Crippen LogP contribution in [0.2, 0.25) is 0 Å². The Kier molecular flexibility index (Phi) is 2.70. The van der Waals surface area contributed by atoms with Gasteiger partial charge in [-0.25, -0.2) is 0 Å². The molecular weight excluding hydrogens is 290 g/mol. The quantitative estimate of drug-likeness (QED) is 0.802. The van der Waals surface area contributed by atoms with Crippen molar-refractivity contribution >= 4 is 38.2 Å². The summed E-state index contributed by atoms with van der Waals surface area (Å²) in [6, 6.07) is 6.75.